The molecule has 0 aliphatic rings. The Kier molecular flexibility index (Phi) is 5.31. The van der Waals surface area contributed by atoms with Gasteiger partial charge in [0.1, 0.15) is 5.60 Å². The van der Waals surface area contributed by atoms with Crippen LogP contribution >= 0.6 is 0 Å². The third kappa shape index (κ3) is 4.68. The van der Waals surface area contributed by atoms with Crippen molar-refractivity contribution in [1.29, 1.82) is 0 Å². The van der Waals surface area contributed by atoms with Crippen LogP contribution in [0, 0.1) is 0 Å². The lowest BCUT2D eigenvalue weighted by Crippen LogP contribution is -2.36. The molecule has 0 saturated heterocycles. The minimum atomic E-state index is -0.499. The predicted molar refractivity (Wildman–Crippen MR) is 81.5 cm³/mol. The molecule has 0 aromatic carbocycles. The fraction of sp³-hybridized carbons (Fsp3) is 0.500. The highest BCUT2D eigenvalue weighted by Gasteiger charge is 2.18. The third-order valence-corrected chi connectivity index (χ3v) is 2.74. The van der Waals surface area contributed by atoms with Gasteiger partial charge in [-0.1, -0.05) is 18.2 Å². The van der Waals surface area contributed by atoms with Crippen LogP contribution < -0.4 is 15.9 Å². The molecule has 0 aliphatic heterocycles. The number of hydrogen-bond donors (Lipinski definition) is 1. The lowest BCUT2D eigenvalue weighted by molar-refractivity contribution is 0.0507. The van der Waals surface area contributed by atoms with Crippen LogP contribution in [0.3, 0.4) is 0 Å². The SMILES string of the molecule is CC=c1ccc(C(C)NC(=O)OC(C)(C)C)nc1=CC. The van der Waals surface area contributed by atoms with E-state index >= 15 is 0 Å². The minimum absolute atomic E-state index is 0.200. The summed E-state index contributed by atoms with van der Waals surface area (Å²) >= 11 is 0. The Morgan fingerprint density at radius 2 is 1.95 bits per heavy atom. The Morgan fingerprint density at radius 1 is 1.30 bits per heavy atom. The van der Waals surface area contributed by atoms with Gasteiger partial charge >= 0.3 is 6.09 Å². The van der Waals surface area contributed by atoms with E-state index in [0.29, 0.717) is 0 Å². The molecule has 4 nitrogen and oxygen atoms in total. The number of carbonyl (C=O) groups is 1. The van der Waals surface area contributed by atoms with Gasteiger partial charge < -0.3 is 10.1 Å². The van der Waals surface area contributed by atoms with Gasteiger partial charge in [0.25, 0.3) is 0 Å². The van der Waals surface area contributed by atoms with E-state index in [1.807, 2.05) is 65.8 Å². The molecule has 1 rings (SSSR count). The lowest BCUT2D eigenvalue weighted by atomic mass is 10.2. The summed E-state index contributed by atoms with van der Waals surface area (Å²) in [5.41, 5.74) is 0.315. The van der Waals surface area contributed by atoms with Crippen LogP contribution in [-0.2, 0) is 4.74 Å². The number of aromatic nitrogens is 1. The van der Waals surface area contributed by atoms with Crippen molar-refractivity contribution < 1.29 is 9.53 Å². The molecule has 110 valence electrons. The molecule has 4 heteroatoms. The lowest BCUT2D eigenvalue weighted by Gasteiger charge is -2.21. The van der Waals surface area contributed by atoms with Crippen LogP contribution in [0.4, 0.5) is 4.79 Å². The van der Waals surface area contributed by atoms with Crippen LogP contribution in [0.1, 0.15) is 53.3 Å². The zero-order valence-corrected chi connectivity index (χ0v) is 13.2. The van der Waals surface area contributed by atoms with Crippen LogP contribution in [0.5, 0.6) is 0 Å². The maximum absolute atomic E-state index is 11.7. The highest BCUT2D eigenvalue weighted by Crippen LogP contribution is 2.10. The molecule has 1 aromatic rings. The van der Waals surface area contributed by atoms with Crippen molar-refractivity contribution in [3.8, 4) is 0 Å². The zero-order chi connectivity index (χ0) is 15.3. The van der Waals surface area contributed by atoms with Gasteiger partial charge in [-0.15, -0.1) is 0 Å². The van der Waals surface area contributed by atoms with Crippen molar-refractivity contribution in [3.63, 3.8) is 0 Å². The van der Waals surface area contributed by atoms with Crippen LogP contribution in [0.25, 0.3) is 12.2 Å². The van der Waals surface area contributed by atoms with Crippen molar-refractivity contribution in [2.45, 2.75) is 53.2 Å². The average Bonchev–Trinajstić information content (AvgIpc) is 2.35. The van der Waals surface area contributed by atoms with Crippen LogP contribution in [0.2, 0.25) is 0 Å². The summed E-state index contributed by atoms with van der Waals surface area (Å²) < 4.78 is 5.24. The largest absolute Gasteiger partial charge is 0.444 e. The number of nitrogens with zero attached hydrogens (tertiary/aromatic N) is 1. The van der Waals surface area contributed by atoms with Gasteiger partial charge in [0.05, 0.1) is 17.1 Å². The molecule has 0 saturated carbocycles. The fourth-order valence-electron chi connectivity index (χ4n) is 1.78. The van der Waals surface area contributed by atoms with E-state index in [9.17, 15) is 4.79 Å². The van der Waals surface area contributed by atoms with E-state index in [2.05, 4.69) is 10.3 Å². The number of ether oxygens (including phenoxy) is 1. The Balaban J connectivity index is 2.89. The predicted octanol–water partition coefficient (Wildman–Crippen LogP) is 2.27. The standard InChI is InChI=1S/C16H24N2O2/c1-7-12-9-10-14(18-13(12)8-2)11(3)17-15(19)20-16(4,5)6/h7-11H,1-6H3,(H,17,19). The van der Waals surface area contributed by atoms with Gasteiger partial charge in [0.2, 0.25) is 0 Å². The topological polar surface area (TPSA) is 51.2 Å². The fourth-order valence-corrected chi connectivity index (χ4v) is 1.78. The van der Waals surface area contributed by atoms with E-state index in [0.717, 1.165) is 16.3 Å². The van der Waals surface area contributed by atoms with Crippen molar-refractivity contribution >= 4 is 18.2 Å². The van der Waals surface area contributed by atoms with E-state index in [-0.39, 0.29) is 6.04 Å². The number of alkyl carbamates (subject to hydrolysis) is 1. The molecule has 0 bridgehead atoms. The maximum Gasteiger partial charge on any atom is 0.408 e. The summed E-state index contributed by atoms with van der Waals surface area (Å²) in [5, 5.41) is 4.80. The monoisotopic (exact) mass is 276 g/mol. The van der Waals surface area contributed by atoms with Crippen LogP contribution in [0.15, 0.2) is 12.1 Å². The van der Waals surface area contributed by atoms with Crippen molar-refractivity contribution in [2.75, 3.05) is 0 Å². The highest BCUT2D eigenvalue weighted by atomic mass is 16.6. The summed E-state index contributed by atoms with van der Waals surface area (Å²) in [5.74, 6) is 0. The number of amides is 1. The molecule has 1 aromatic heterocycles. The van der Waals surface area contributed by atoms with Gasteiger partial charge in [0.15, 0.2) is 0 Å². The molecule has 0 radical (unpaired) electrons. The summed E-state index contributed by atoms with van der Waals surface area (Å²) in [6, 6.07) is 3.73. The van der Waals surface area contributed by atoms with Crippen molar-refractivity contribution in [3.05, 3.63) is 28.4 Å². The Morgan fingerprint density at radius 3 is 2.45 bits per heavy atom. The second-order valence-corrected chi connectivity index (χ2v) is 5.66. The van der Waals surface area contributed by atoms with E-state index in [4.69, 9.17) is 4.74 Å². The second kappa shape index (κ2) is 6.55. The summed E-state index contributed by atoms with van der Waals surface area (Å²) in [6.07, 6.45) is 3.54. The van der Waals surface area contributed by atoms with Gasteiger partial charge in [-0.25, -0.2) is 4.79 Å². The molecule has 0 fully saturated rings. The van der Waals surface area contributed by atoms with Crippen molar-refractivity contribution in [1.82, 2.24) is 10.3 Å². The zero-order valence-electron chi connectivity index (χ0n) is 13.2. The smallest absolute Gasteiger partial charge is 0.408 e. The maximum atomic E-state index is 11.7. The number of pyridine rings is 1. The first-order chi connectivity index (χ1) is 9.26. The Labute approximate surface area is 120 Å². The van der Waals surface area contributed by atoms with Gasteiger partial charge in [-0.05, 0) is 52.8 Å². The Bertz CT molecular complexity index is 585. The molecule has 1 heterocycles. The van der Waals surface area contributed by atoms with E-state index < -0.39 is 11.7 Å². The molecular weight excluding hydrogens is 252 g/mol. The molecule has 0 aliphatic carbocycles. The number of carbonyl (C=O) groups excluding carboxylic acids is 1. The summed E-state index contributed by atoms with van der Waals surface area (Å²) in [7, 11) is 0. The first-order valence-electron chi connectivity index (χ1n) is 6.86. The number of rotatable bonds is 2. The third-order valence-electron chi connectivity index (χ3n) is 2.74. The molecular formula is C16H24N2O2. The first kappa shape index (κ1) is 16.2. The van der Waals surface area contributed by atoms with Gasteiger partial charge in [-0.3, -0.25) is 4.98 Å². The molecule has 1 unspecified atom stereocenters. The van der Waals surface area contributed by atoms with E-state index in [1.54, 1.807) is 0 Å². The molecule has 1 atom stereocenters. The Hall–Kier alpha value is -1.84. The summed E-state index contributed by atoms with van der Waals surface area (Å²) in [6.45, 7) is 11.3. The second-order valence-electron chi connectivity index (χ2n) is 5.66. The highest BCUT2D eigenvalue weighted by molar-refractivity contribution is 5.68. The molecule has 1 N–H and O–H groups in total. The van der Waals surface area contributed by atoms with E-state index in [1.165, 1.54) is 0 Å². The summed E-state index contributed by atoms with van der Waals surface area (Å²) in [4.78, 5) is 16.3. The quantitative estimate of drug-likeness (QED) is 0.901. The average molecular weight is 276 g/mol. The number of nitrogens with one attached hydrogen (secondary N) is 1. The minimum Gasteiger partial charge on any atom is -0.444 e. The van der Waals surface area contributed by atoms with Crippen molar-refractivity contribution in [2.24, 2.45) is 0 Å². The molecule has 1 amide bonds. The van der Waals surface area contributed by atoms with Gasteiger partial charge in [0, 0.05) is 0 Å². The van der Waals surface area contributed by atoms with Crippen LogP contribution in [-0.4, -0.2) is 16.7 Å². The van der Waals surface area contributed by atoms with Gasteiger partial charge in [-0.2, -0.15) is 0 Å². The first-order valence-corrected chi connectivity index (χ1v) is 6.86. The molecule has 0 spiro atoms. The normalized spacial score (nSPS) is 15.1. The number of hydrogen-bond acceptors (Lipinski definition) is 3. The molecule has 20 heavy (non-hydrogen) atoms.